The molecule has 0 saturated carbocycles. The van der Waals surface area contributed by atoms with E-state index < -0.39 is 5.41 Å². The number of para-hydroxylation sites is 1. The Kier molecular flexibility index (Phi) is 12.4. The fourth-order valence-electron chi connectivity index (χ4n) is 16.8. The zero-order valence-electron chi connectivity index (χ0n) is 55.6. The average molecular weight is 1220 g/mol. The summed E-state index contributed by atoms with van der Waals surface area (Å²) >= 11 is 0. The number of anilines is 6. The van der Waals surface area contributed by atoms with E-state index in [0.717, 1.165) is 39.6 Å². The van der Waals surface area contributed by atoms with Crippen molar-refractivity contribution in [2.75, 3.05) is 9.80 Å². The molecule has 0 N–H and O–H groups in total. The van der Waals surface area contributed by atoms with Crippen molar-refractivity contribution in [2.24, 2.45) is 0 Å². The Morgan fingerprint density at radius 3 is 1.23 bits per heavy atom. The highest BCUT2D eigenvalue weighted by Crippen LogP contribution is 2.64. The van der Waals surface area contributed by atoms with Crippen molar-refractivity contribution in [3.63, 3.8) is 0 Å². The fraction of sp³-hybridized carbons (Fsp3) is 0.143. The molecule has 14 aromatic rings. The van der Waals surface area contributed by atoms with Gasteiger partial charge in [-0.2, -0.15) is 0 Å². The maximum atomic E-state index is 2.70. The van der Waals surface area contributed by atoms with E-state index in [1.165, 1.54) is 133 Å². The summed E-state index contributed by atoms with van der Waals surface area (Å²) < 4.78 is 2.59. The molecule has 95 heavy (non-hydrogen) atoms. The second-order valence-electron chi connectivity index (χ2n) is 30.1. The van der Waals surface area contributed by atoms with Crippen LogP contribution in [0.15, 0.2) is 285 Å². The quantitative estimate of drug-likeness (QED) is 0.154. The van der Waals surface area contributed by atoms with Crippen LogP contribution in [0.1, 0.15) is 101 Å². The van der Waals surface area contributed by atoms with Crippen molar-refractivity contribution in [2.45, 2.75) is 84.0 Å². The number of fused-ring (bicyclic) bond motifs is 17. The molecule has 1 spiro atoms. The normalized spacial score (nSPS) is 14.0. The topological polar surface area (TPSA) is 11.4 Å². The van der Waals surface area contributed by atoms with E-state index in [1.807, 2.05) is 0 Å². The van der Waals surface area contributed by atoms with E-state index in [2.05, 4.69) is 362 Å². The highest BCUT2D eigenvalue weighted by Gasteiger charge is 2.54. The van der Waals surface area contributed by atoms with Gasteiger partial charge in [-0.3, -0.25) is 0 Å². The molecule has 3 nitrogen and oxygen atoms in total. The van der Waals surface area contributed by atoms with Gasteiger partial charge in [-0.1, -0.05) is 275 Å². The molecular weight excluding hydrogens is 1150 g/mol. The minimum Gasteiger partial charge on any atom is -0.311 e. The van der Waals surface area contributed by atoms with Crippen LogP contribution in [0, 0.1) is 0 Å². The summed E-state index contributed by atoms with van der Waals surface area (Å²) in [6.45, 7) is 20.9. The predicted octanol–water partition coefficient (Wildman–Crippen LogP) is 22.1. The van der Waals surface area contributed by atoms with Crippen molar-refractivity contribution in [1.29, 1.82) is 0 Å². The lowest BCUT2D eigenvalue weighted by Gasteiger charge is -2.45. The van der Waals surface area contributed by atoms with Crippen LogP contribution < -0.4 is 26.2 Å². The van der Waals surface area contributed by atoms with Crippen LogP contribution in [-0.4, -0.2) is 11.3 Å². The Labute approximate surface area is 559 Å². The van der Waals surface area contributed by atoms with Crippen LogP contribution in [0.25, 0.3) is 83.1 Å². The van der Waals surface area contributed by atoms with Gasteiger partial charge >= 0.3 is 0 Å². The Bertz CT molecular complexity index is 5320. The maximum Gasteiger partial charge on any atom is 0.252 e. The highest BCUT2D eigenvalue weighted by molar-refractivity contribution is 7.00. The zero-order valence-corrected chi connectivity index (χ0v) is 55.6. The van der Waals surface area contributed by atoms with Crippen LogP contribution in [0.4, 0.5) is 34.1 Å². The van der Waals surface area contributed by atoms with Gasteiger partial charge in [0.05, 0.1) is 27.8 Å². The first-order chi connectivity index (χ1) is 46.0. The van der Waals surface area contributed by atoms with Gasteiger partial charge in [0.15, 0.2) is 0 Å². The minimum atomic E-state index is -0.568. The van der Waals surface area contributed by atoms with Crippen molar-refractivity contribution in [1.82, 2.24) is 4.57 Å². The number of nitrogens with zero attached hydrogens (tertiary/aromatic N) is 3. The van der Waals surface area contributed by atoms with E-state index >= 15 is 0 Å². The predicted molar refractivity (Wildman–Crippen MR) is 404 cm³/mol. The molecule has 4 heteroatoms. The van der Waals surface area contributed by atoms with Gasteiger partial charge in [0, 0.05) is 44.8 Å². The van der Waals surface area contributed by atoms with Crippen molar-refractivity contribution in [3.05, 3.63) is 324 Å². The molecule has 0 saturated heterocycles. The molecule has 0 bridgehead atoms. The molecule has 2 aliphatic heterocycles. The Morgan fingerprint density at radius 2 is 0.705 bits per heavy atom. The molecule has 456 valence electrons. The summed E-state index contributed by atoms with van der Waals surface area (Å²) in [7, 11) is 0. The van der Waals surface area contributed by atoms with Crippen LogP contribution in [0.3, 0.4) is 0 Å². The minimum absolute atomic E-state index is 0.0617. The van der Waals surface area contributed by atoms with E-state index in [0.29, 0.717) is 0 Å². The average Bonchev–Trinajstić information content (AvgIpc) is 1.58. The first kappa shape index (κ1) is 57.0. The third kappa shape index (κ3) is 8.52. The smallest absolute Gasteiger partial charge is 0.252 e. The first-order valence-electron chi connectivity index (χ1n) is 33.9. The van der Waals surface area contributed by atoms with Crippen molar-refractivity contribution < 1.29 is 0 Å². The Hall–Kier alpha value is -10.7. The lowest BCUT2D eigenvalue weighted by atomic mass is 9.33. The lowest BCUT2D eigenvalue weighted by molar-refractivity contribution is 0.590. The highest BCUT2D eigenvalue weighted by atomic mass is 15.2. The summed E-state index contributed by atoms with van der Waals surface area (Å²) in [4.78, 5) is 5.35. The molecule has 2 aliphatic carbocycles. The molecule has 4 aliphatic rings. The zero-order chi connectivity index (χ0) is 64.4. The second kappa shape index (κ2) is 20.7. The van der Waals surface area contributed by atoms with Gasteiger partial charge in [0.1, 0.15) is 0 Å². The molecule has 3 heterocycles. The number of aromatic nitrogens is 1. The van der Waals surface area contributed by atoms with Crippen molar-refractivity contribution in [3.8, 4) is 61.3 Å². The number of hydrogen-bond acceptors (Lipinski definition) is 2. The third-order valence-electron chi connectivity index (χ3n) is 21.4. The van der Waals surface area contributed by atoms with Gasteiger partial charge in [0.25, 0.3) is 6.71 Å². The molecule has 0 amide bonds. The van der Waals surface area contributed by atoms with Crippen molar-refractivity contribution >= 4 is 79.0 Å². The maximum absolute atomic E-state index is 2.70. The summed E-state index contributed by atoms with van der Waals surface area (Å²) in [5, 5.41) is 2.52. The van der Waals surface area contributed by atoms with Crippen LogP contribution in [0.5, 0.6) is 0 Å². The van der Waals surface area contributed by atoms with Gasteiger partial charge in [-0.25, -0.2) is 0 Å². The summed E-state index contributed by atoms with van der Waals surface area (Å²) in [6, 6.07) is 110. The summed E-state index contributed by atoms with van der Waals surface area (Å²) in [5.74, 6) is 0. The largest absolute Gasteiger partial charge is 0.311 e. The van der Waals surface area contributed by atoms with E-state index in [9.17, 15) is 0 Å². The fourth-order valence-corrected chi connectivity index (χ4v) is 16.8. The molecule has 1 aromatic heterocycles. The summed E-state index contributed by atoms with van der Waals surface area (Å²) in [5.41, 5.74) is 34.8. The van der Waals surface area contributed by atoms with E-state index in [1.54, 1.807) is 0 Å². The lowest BCUT2D eigenvalue weighted by Crippen LogP contribution is -2.61. The Balaban J connectivity index is 1.03. The first-order valence-corrected chi connectivity index (χ1v) is 33.9. The van der Waals surface area contributed by atoms with E-state index in [4.69, 9.17) is 0 Å². The SMILES string of the molecule is CC(C)(C)c1ccc2c(c1)B1c3cc4c(cc3N(c3cc(-c5ccccc5)cc(-c5ccccc5)c3)c3cc(-n5c6ccc(C(C)(C)C)cc6c6cc(C(C)(C)C)ccc65)cc(c31)N2c1ccccc1-c1ccccc1)-c1ccccc1C41c2ccccc2-c2ccccc21. The monoisotopic (exact) mass is 1220 g/mol. The summed E-state index contributed by atoms with van der Waals surface area (Å²) in [6.07, 6.45) is 0. The van der Waals surface area contributed by atoms with Gasteiger partial charge in [-0.15, -0.1) is 0 Å². The number of hydrogen-bond donors (Lipinski definition) is 0. The molecule has 13 aromatic carbocycles. The third-order valence-corrected chi connectivity index (χ3v) is 21.4. The van der Waals surface area contributed by atoms with Crippen LogP contribution >= 0.6 is 0 Å². The molecule has 0 fully saturated rings. The number of rotatable bonds is 6. The van der Waals surface area contributed by atoms with Gasteiger partial charge in [0.2, 0.25) is 0 Å². The van der Waals surface area contributed by atoms with Crippen LogP contribution in [0.2, 0.25) is 0 Å². The molecule has 18 rings (SSSR count). The molecule has 0 radical (unpaired) electrons. The molecule has 0 atom stereocenters. The molecular formula is C91H74BN3. The van der Waals surface area contributed by atoms with Gasteiger partial charge < -0.3 is 14.4 Å². The number of benzene rings is 13. The van der Waals surface area contributed by atoms with Gasteiger partial charge in [-0.05, 0) is 194 Å². The standard InChI is InChI=1S/C91H74BN3/c1-88(2,3)62-41-44-81-72(50-62)73-51-63(89(4,5)6)42-45-82(73)93(81)66-53-85-87-86(54-66)95(80-40-26-22-33-67(80)59-31-17-12-18-32-59)83-46-43-64(90(7,8)9)52-78(83)92(87)79-56-77-71(70-36-21-25-39-76(70)91(77)74-37-23-19-34-68(74)69-35-20-24-38-75(69)91)55-84(79)94(85)65-48-60(57-27-13-10-14-28-57)47-61(49-65)58-29-15-11-16-30-58/h10-56H,1-9H3. The van der Waals surface area contributed by atoms with Crippen LogP contribution in [-0.2, 0) is 21.7 Å². The Morgan fingerprint density at radius 1 is 0.274 bits per heavy atom. The second-order valence-corrected chi connectivity index (χ2v) is 30.1. The van der Waals surface area contributed by atoms with E-state index in [-0.39, 0.29) is 23.0 Å². The molecule has 0 unspecified atom stereocenters.